The highest BCUT2D eigenvalue weighted by molar-refractivity contribution is 5.73. The van der Waals surface area contributed by atoms with Crippen LogP contribution in [0.2, 0.25) is 0 Å². The first-order chi connectivity index (χ1) is 4.72. The Morgan fingerprint density at radius 2 is 2.20 bits per heavy atom. The quantitative estimate of drug-likeness (QED) is 0.267. The molecule has 5 heteroatoms. The number of nitrogens with one attached hydrogen (secondary N) is 1. The van der Waals surface area contributed by atoms with E-state index in [1.165, 1.54) is 0 Å². The minimum Gasteiger partial charge on any atom is -0.395 e. The van der Waals surface area contributed by atoms with Crippen LogP contribution >= 0.6 is 0 Å². The number of carbonyl (C=O) groups excluding carboxylic acids is 1. The fourth-order valence-electron chi connectivity index (χ4n) is 0.402. The summed E-state index contributed by atoms with van der Waals surface area (Å²) in [6, 6.07) is 0. The van der Waals surface area contributed by atoms with Crippen molar-refractivity contribution in [3.63, 3.8) is 0 Å². The number of hydrogen-bond acceptors (Lipinski definition) is 5. The van der Waals surface area contributed by atoms with Crippen molar-refractivity contribution in [2.45, 2.75) is 0 Å². The van der Waals surface area contributed by atoms with Gasteiger partial charge < -0.3 is 21.9 Å². The van der Waals surface area contributed by atoms with Crippen LogP contribution < -0.4 is 16.8 Å². The lowest BCUT2D eigenvalue weighted by atomic mass is 10.4. The van der Waals surface area contributed by atoms with Gasteiger partial charge in [-0.1, -0.05) is 0 Å². The predicted molar refractivity (Wildman–Crippen MR) is 36.6 cm³/mol. The molecular formula is C5H11N3O2. The maximum atomic E-state index is 10.1. The maximum Gasteiger partial charge on any atom is 0.169 e. The molecule has 0 aliphatic heterocycles. The summed E-state index contributed by atoms with van der Waals surface area (Å²) in [5.74, 6) is -0.0662. The first-order valence-corrected chi connectivity index (χ1v) is 2.77. The molecule has 0 aromatic heterocycles. The molecule has 0 unspecified atom stereocenters. The van der Waals surface area contributed by atoms with E-state index in [0.29, 0.717) is 6.29 Å². The van der Waals surface area contributed by atoms with Gasteiger partial charge in [0.1, 0.15) is 11.5 Å². The van der Waals surface area contributed by atoms with Crippen molar-refractivity contribution < 1.29 is 9.90 Å². The molecule has 0 fully saturated rings. The van der Waals surface area contributed by atoms with Crippen molar-refractivity contribution in [3.05, 3.63) is 11.5 Å². The first-order valence-electron chi connectivity index (χ1n) is 2.77. The van der Waals surface area contributed by atoms with E-state index in [4.69, 9.17) is 16.6 Å². The molecule has 0 bridgehead atoms. The molecule has 0 aromatic carbocycles. The van der Waals surface area contributed by atoms with E-state index >= 15 is 0 Å². The molecular weight excluding hydrogens is 134 g/mol. The van der Waals surface area contributed by atoms with Gasteiger partial charge in [0.15, 0.2) is 6.29 Å². The van der Waals surface area contributed by atoms with Gasteiger partial charge in [0, 0.05) is 6.54 Å². The number of aliphatic hydroxyl groups is 1. The van der Waals surface area contributed by atoms with Crippen LogP contribution in [-0.4, -0.2) is 24.5 Å². The molecule has 0 aliphatic rings. The normalized spacial score (nSPS) is 8.50. The molecule has 6 N–H and O–H groups in total. The topological polar surface area (TPSA) is 101 Å². The van der Waals surface area contributed by atoms with Gasteiger partial charge in [-0.15, -0.1) is 0 Å². The number of aliphatic hydroxyl groups excluding tert-OH is 1. The van der Waals surface area contributed by atoms with Crippen LogP contribution in [0.1, 0.15) is 0 Å². The Morgan fingerprint density at radius 1 is 1.60 bits per heavy atom. The summed E-state index contributed by atoms with van der Waals surface area (Å²) < 4.78 is 0. The predicted octanol–water partition coefficient (Wildman–Crippen LogP) is -2.15. The molecule has 0 amide bonds. The molecule has 0 saturated carbocycles. The number of rotatable bonds is 4. The number of carbonyl (C=O) groups is 1. The van der Waals surface area contributed by atoms with Crippen LogP contribution in [0.15, 0.2) is 11.5 Å². The third-order valence-corrected chi connectivity index (χ3v) is 0.856. The molecule has 5 nitrogen and oxygen atoms in total. The van der Waals surface area contributed by atoms with Crippen molar-refractivity contribution in [2.75, 3.05) is 13.2 Å². The van der Waals surface area contributed by atoms with E-state index in [9.17, 15) is 4.79 Å². The Morgan fingerprint density at radius 3 is 2.50 bits per heavy atom. The summed E-state index contributed by atoms with van der Waals surface area (Å²) in [5, 5.41) is 10.8. The second-order valence-electron chi connectivity index (χ2n) is 1.64. The van der Waals surface area contributed by atoms with Gasteiger partial charge in [0.25, 0.3) is 0 Å². The highest BCUT2D eigenvalue weighted by Crippen LogP contribution is 1.81. The Labute approximate surface area is 58.7 Å². The molecule has 0 aliphatic carbocycles. The van der Waals surface area contributed by atoms with Crippen LogP contribution in [0, 0.1) is 0 Å². The lowest BCUT2D eigenvalue weighted by Gasteiger charge is -2.03. The van der Waals surface area contributed by atoms with Gasteiger partial charge in [-0.3, -0.25) is 4.79 Å². The molecule has 0 spiro atoms. The van der Waals surface area contributed by atoms with Gasteiger partial charge in [0.05, 0.1) is 6.61 Å². The SMILES string of the molecule is NC(N)=C(C=O)NCCO. The summed E-state index contributed by atoms with van der Waals surface area (Å²) in [6.45, 7) is 0.205. The Kier molecular flexibility index (Phi) is 4.06. The van der Waals surface area contributed by atoms with Crippen molar-refractivity contribution in [1.29, 1.82) is 0 Å². The molecule has 0 aromatic rings. The van der Waals surface area contributed by atoms with Crippen LogP contribution in [0.25, 0.3) is 0 Å². The third kappa shape index (κ3) is 2.93. The van der Waals surface area contributed by atoms with Crippen molar-refractivity contribution >= 4 is 6.29 Å². The van der Waals surface area contributed by atoms with Gasteiger partial charge in [-0.05, 0) is 0 Å². The Balaban J connectivity index is 3.85. The van der Waals surface area contributed by atoms with Gasteiger partial charge in [-0.2, -0.15) is 0 Å². The zero-order valence-corrected chi connectivity index (χ0v) is 5.50. The van der Waals surface area contributed by atoms with Crippen LogP contribution in [0.5, 0.6) is 0 Å². The molecule has 58 valence electrons. The minimum atomic E-state index is -0.0662. The molecule has 10 heavy (non-hydrogen) atoms. The number of aldehydes is 1. The maximum absolute atomic E-state index is 10.1. The third-order valence-electron chi connectivity index (χ3n) is 0.856. The van der Waals surface area contributed by atoms with Crippen LogP contribution in [0.3, 0.4) is 0 Å². The van der Waals surface area contributed by atoms with Crippen molar-refractivity contribution in [2.24, 2.45) is 11.5 Å². The summed E-state index contributed by atoms with van der Waals surface area (Å²) in [7, 11) is 0. The van der Waals surface area contributed by atoms with Gasteiger partial charge in [-0.25, -0.2) is 0 Å². The molecule has 0 rings (SSSR count). The van der Waals surface area contributed by atoms with E-state index in [1.807, 2.05) is 0 Å². The fraction of sp³-hybridized carbons (Fsp3) is 0.400. The van der Waals surface area contributed by atoms with Crippen LogP contribution in [-0.2, 0) is 4.79 Å². The summed E-state index contributed by atoms with van der Waals surface area (Å²) in [6.07, 6.45) is 0.505. The summed E-state index contributed by atoms with van der Waals surface area (Å²) in [5.41, 5.74) is 10.3. The van der Waals surface area contributed by atoms with E-state index < -0.39 is 0 Å². The number of allylic oxidation sites excluding steroid dienone is 1. The minimum absolute atomic E-state index is 0.0649. The molecule has 0 saturated heterocycles. The molecule has 0 heterocycles. The fourth-order valence-corrected chi connectivity index (χ4v) is 0.402. The number of nitrogens with two attached hydrogens (primary N) is 2. The lowest BCUT2D eigenvalue weighted by Crippen LogP contribution is -2.25. The first kappa shape index (κ1) is 8.77. The van der Waals surface area contributed by atoms with Gasteiger partial charge >= 0.3 is 0 Å². The molecule has 0 radical (unpaired) electrons. The Hall–Kier alpha value is -1.23. The number of hydrogen-bond donors (Lipinski definition) is 4. The average molecular weight is 145 g/mol. The van der Waals surface area contributed by atoms with E-state index in [1.54, 1.807) is 0 Å². The zero-order chi connectivity index (χ0) is 7.98. The monoisotopic (exact) mass is 145 g/mol. The van der Waals surface area contributed by atoms with Crippen molar-refractivity contribution in [3.8, 4) is 0 Å². The van der Waals surface area contributed by atoms with Crippen molar-refractivity contribution in [1.82, 2.24) is 5.32 Å². The smallest absolute Gasteiger partial charge is 0.169 e. The highest BCUT2D eigenvalue weighted by atomic mass is 16.3. The second kappa shape index (κ2) is 4.63. The lowest BCUT2D eigenvalue weighted by molar-refractivity contribution is -0.105. The van der Waals surface area contributed by atoms with E-state index in [0.717, 1.165) is 0 Å². The largest absolute Gasteiger partial charge is 0.395 e. The van der Waals surface area contributed by atoms with E-state index in [2.05, 4.69) is 5.32 Å². The van der Waals surface area contributed by atoms with E-state index in [-0.39, 0.29) is 24.7 Å². The standard InChI is InChI=1S/C5H11N3O2/c6-5(7)4(3-10)8-1-2-9/h3,8-9H,1-2,6-7H2. The average Bonchev–Trinajstić information content (AvgIpc) is 1.89. The van der Waals surface area contributed by atoms with Gasteiger partial charge in [0.2, 0.25) is 0 Å². The van der Waals surface area contributed by atoms with Crippen LogP contribution in [0.4, 0.5) is 0 Å². The Bertz CT molecular complexity index is 140. The summed E-state index contributed by atoms with van der Waals surface area (Å²) >= 11 is 0. The zero-order valence-electron chi connectivity index (χ0n) is 5.50. The second-order valence-corrected chi connectivity index (χ2v) is 1.64. The summed E-state index contributed by atoms with van der Waals surface area (Å²) in [4.78, 5) is 10.1. The highest BCUT2D eigenvalue weighted by Gasteiger charge is 1.95. The molecule has 0 atom stereocenters.